The third-order valence-electron chi connectivity index (χ3n) is 3.68. The lowest BCUT2D eigenvalue weighted by Crippen LogP contribution is -2.42. The van der Waals surface area contributed by atoms with E-state index in [9.17, 15) is 4.39 Å². The quantitative estimate of drug-likeness (QED) is 0.868. The van der Waals surface area contributed by atoms with E-state index in [1.54, 1.807) is 12.1 Å². The maximum atomic E-state index is 13.6. The van der Waals surface area contributed by atoms with Gasteiger partial charge in [0.05, 0.1) is 0 Å². The van der Waals surface area contributed by atoms with Crippen LogP contribution in [0.2, 0.25) is 0 Å². The molecule has 0 amide bonds. The number of rotatable bonds is 2. The van der Waals surface area contributed by atoms with E-state index < -0.39 is 0 Å². The highest BCUT2D eigenvalue weighted by molar-refractivity contribution is 5.17. The lowest BCUT2D eigenvalue weighted by molar-refractivity contribution is 0.210. The molecular formula is C15H23FN2. The summed E-state index contributed by atoms with van der Waals surface area (Å²) in [6.07, 6.45) is 2.25. The average molecular weight is 250 g/mol. The first-order valence-corrected chi connectivity index (χ1v) is 6.87. The van der Waals surface area contributed by atoms with Gasteiger partial charge in [0, 0.05) is 24.2 Å². The highest BCUT2D eigenvalue weighted by atomic mass is 19.1. The molecule has 0 bridgehead atoms. The Kier molecular flexibility index (Phi) is 4.72. The standard InChI is InChI=1S/C15H23FN2/c1-12-7-9-18(10-8-13(2)17-12)11-14-5-3-4-6-15(14)16/h3-6,12-13,17H,7-11H2,1-2H3. The first kappa shape index (κ1) is 13.5. The second kappa shape index (κ2) is 6.30. The van der Waals surface area contributed by atoms with Crippen LogP contribution in [0.15, 0.2) is 24.3 Å². The van der Waals surface area contributed by atoms with E-state index in [1.165, 1.54) is 0 Å². The molecule has 2 nitrogen and oxygen atoms in total. The molecule has 1 aliphatic rings. The third kappa shape index (κ3) is 3.79. The number of hydrogen-bond acceptors (Lipinski definition) is 2. The van der Waals surface area contributed by atoms with Gasteiger partial charge >= 0.3 is 0 Å². The van der Waals surface area contributed by atoms with Crippen LogP contribution in [-0.2, 0) is 6.54 Å². The molecule has 1 N–H and O–H groups in total. The summed E-state index contributed by atoms with van der Waals surface area (Å²) >= 11 is 0. The molecule has 1 saturated heterocycles. The lowest BCUT2D eigenvalue weighted by Gasteiger charge is -2.30. The summed E-state index contributed by atoms with van der Waals surface area (Å²) in [5.41, 5.74) is 0.811. The van der Waals surface area contributed by atoms with Gasteiger partial charge < -0.3 is 5.32 Å². The van der Waals surface area contributed by atoms with Gasteiger partial charge in [0.25, 0.3) is 0 Å². The van der Waals surface area contributed by atoms with Crippen molar-refractivity contribution in [3.63, 3.8) is 0 Å². The summed E-state index contributed by atoms with van der Waals surface area (Å²) in [4.78, 5) is 2.37. The van der Waals surface area contributed by atoms with Crippen LogP contribution >= 0.6 is 0 Å². The van der Waals surface area contributed by atoms with Crippen molar-refractivity contribution in [2.45, 2.75) is 45.3 Å². The van der Waals surface area contributed by atoms with Crippen molar-refractivity contribution in [3.8, 4) is 0 Å². The van der Waals surface area contributed by atoms with Crippen molar-refractivity contribution in [2.75, 3.05) is 13.1 Å². The normalized spacial score (nSPS) is 26.6. The highest BCUT2D eigenvalue weighted by Crippen LogP contribution is 2.13. The molecule has 18 heavy (non-hydrogen) atoms. The zero-order valence-electron chi connectivity index (χ0n) is 11.3. The molecule has 2 atom stereocenters. The molecule has 1 fully saturated rings. The van der Waals surface area contributed by atoms with Gasteiger partial charge in [0.15, 0.2) is 0 Å². The Morgan fingerprint density at radius 2 is 1.78 bits per heavy atom. The molecule has 0 saturated carbocycles. The van der Waals surface area contributed by atoms with Gasteiger partial charge in [0.1, 0.15) is 5.82 Å². The van der Waals surface area contributed by atoms with E-state index in [0.29, 0.717) is 12.1 Å². The molecular weight excluding hydrogens is 227 g/mol. The Bertz CT molecular complexity index is 369. The number of nitrogens with one attached hydrogen (secondary N) is 1. The van der Waals surface area contributed by atoms with Gasteiger partial charge in [-0.2, -0.15) is 0 Å². The Labute approximate surface area is 109 Å². The van der Waals surface area contributed by atoms with E-state index in [2.05, 4.69) is 24.1 Å². The number of halogens is 1. The van der Waals surface area contributed by atoms with Gasteiger partial charge in [0.2, 0.25) is 0 Å². The maximum absolute atomic E-state index is 13.6. The SMILES string of the molecule is CC1CCN(Cc2ccccc2F)CCC(C)N1. The molecule has 3 heteroatoms. The summed E-state index contributed by atoms with van der Waals surface area (Å²) in [7, 11) is 0. The van der Waals surface area contributed by atoms with Crippen molar-refractivity contribution in [1.29, 1.82) is 0 Å². The second-order valence-corrected chi connectivity index (χ2v) is 5.41. The zero-order chi connectivity index (χ0) is 13.0. The summed E-state index contributed by atoms with van der Waals surface area (Å²) in [5, 5.41) is 3.58. The summed E-state index contributed by atoms with van der Waals surface area (Å²) in [6, 6.07) is 8.19. The molecule has 1 heterocycles. The van der Waals surface area contributed by atoms with Gasteiger partial charge in [-0.05, 0) is 45.8 Å². The molecule has 2 unspecified atom stereocenters. The van der Waals surface area contributed by atoms with Crippen molar-refractivity contribution < 1.29 is 4.39 Å². The first-order chi connectivity index (χ1) is 8.65. The van der Waals surface area contributed by atoms with Crippen LogP contribution in [0.3, 0.4) is 0 Å². The molecule has 0 aliphatic carbocycles. The van der Waals surface area contributed by atoms with Crippen molar-refractivity contribution in [1.82, 2.24) is 10.2 Å². The fraction of sp³-hybridized carbons (Fsp3) is 0.600. The zero-order valence-corrected chi connectivity index (χ0v) is 11.3. The fourth-order valence-corrected chi connectivity index (χ4v) is 2.54. The first-order valence-electron chi connectivity index (χ1n) is 6.87. The Morgan fingerprint density at radius 3 is 2.39 bits per heavy atom. The Balaban J connectivity index is 1.97. The number of hydrogen-bond donors (Lipinski definition) is 1. The molecule has 0 aromatic heterocycles. The van der Waals surface area contributed by atoms with E-state index in [4.69, 9.17) is 0 Å². The van der Waals surface area contributed by atoms with Gasteiger partial charge in [-0.25, -0.2) is 4.39 Å². The summed E-state index contributed by atoms with van der Waals surface area (Å²) in [6.45, 7) is 7.25. The van der Waals surface area contributed by atoms with E-state index >= 15 is 0 Å². The van der Waals surface area contributed by atoms with Gasteiger partial charge in [-0.15, -0.1) is 0 Å². The average Bonchev–Trinajstić information content (AvgIpc) is 2.33. The van der Waals surface area contributed by atoms with E-state index in [0.717, 1.165) is 38.0 Å². The third-order valence-corrected chi connectivity index (χ3v) is 3.68. The molecule has 0 radical (unpaired) electrons. The predicted molar refractivity (Wildman–Crippen MR) is 73.0 cm³/mol. The summed E-state index contributed by atoms with van der Waals surface area (Å²) < 4.78 is 13.6. The fourth-order valence-electron chi connectivity index (χ4n) is 2.54. The van der Waals surface area contributed by atoms with E-state index in [1.807, 2.05) is 12.1 Å². The maximum Gasteiger partial charge on any atom is 0.127 e. The van der Waals surface area contributed by atoms with Crippen LogP contribution in [0, 0.1) is 5.82 Å². The Hall–Kier alpha value is -0.930. The van der Waals surface area contributed by atoms with Crippen molar-refractivity contribution in [2.24, 2.45) is 0 Å². The van der Waals surface area contributed by atoms with Crippen LogP contribution in [-0.4, -0.2) is 30.1 Å². The number of nitrogens with zero attached hydrogens (tertiary/aromatic N) is 1. The smallest absolute Gasteiger partial charge is 0.127 e. The van der Waals surface area contributed by atoms with Crippen LogP contribution in [0.5, 0.6) is 0 Å². The van der Waals surface area contributed by atoms with Gasteiger partial charge in [-0.1, -0.05) is 18.2 Å². The minimum Gasteiger partial charge on any atom is -0.312 e. The lowest BCUT2D eigenvalue weighted by atomic mass is 10.1. The molecule has 1 aliphatic heterocycles. The monoisotopic (exact) mass is 250 g/mol. The van der Waals surface area contributed by atoms with Crippen LogP contribution in [0.4, 0.5) is 4.39 Å². The minimum absolute atomic E-state index is 0.0845. The van der Waals surface area contributed by atoms with Crippen molar-refractivity contribution in [3.05, 3.63) is 35.6 Å². The molecule has 0 spiro atoms. The molecule has 1 aromatic rings. The predicted octanol–water partition coefficient (Wildman–Crippen LogP) is 2.79. The van der Waals surface area contributed by atoms with Crippen LogP contribution < -0.4 is 5.32 Å². The van der Waals surface area contributed by atoms with Crippen LogP contribution in [0.25, 0.3) is 0 Å². The second-order valence-electron chi connectivity index (χ2n) is 5.41. The highest BCUT2D eigenvalue weighted by Gasteiger charge is 2.16. The van der Waals surface area contributed by atoms with Gasteiger partial charge in [-0.3, -0.25) is 4.90 Å². The topological polar surface area (TPSA) is 15.3 Å². The van der Waals surface area contributed by atoms with Crippen LogP contribution in [0.1, 0.15) is 32.3 Å². The number of benzene rings is 1. The Morgan fingerprint density at radius 1 is 1.17 bits per heavy atom. The molecule has 100 valence electrons. The van der Waals surface area contributed by atoms with Crippen molar-refractivity contribution >= 4 is 0 Å². The molecule has 1 aromatic carbocycles. The van der Waals surface area contributed by atoms with E-state index in [-0.39, 0.29) is 5.82 Å². The minimum atomic E-state index is -0.0845. The summed E-state index contributed by atoms with van der Waals surface area (Å²) in [5.74, 6) is -0.0845. The molecule has 2 rings (SSSR count). The largest absolute Gasteiger partial charge is 0.312 e.